The number of piperidine rings is 1. The maximum atomic E-state index is 11.8. The quantitative estimate of drug-likeness (QED) is 0.685. The monoisotopic (exact) mass is 227 g/mol. The summed E-state index contributed by atoms with van der Waals surface area (Å²) in [6.45, 7) is 5.45. The van der Waals surface area contributed by atoms with Crippen molar-refractivity contribution in [3.05, 3.63) is 0 Å². The summed E-state index contributed by atoms with van der Waals surface area (Å²) in [6.07, 6.45) is 2.07. The van der Waals surface area contributed by atoms with Crippen molar-refractivity contribution in [1.29, 1.82) is 0 Å². The number of carbonyl (C=O) groups excluding carboxylic acids is 2. The van der Waals surface area contributed by atoms with Gasteiger partial charge in [0.25, 0.3) is 0 Å². The first-order chi connectivity index (χ1) is 7.54. The molecule has 0 bridgehead atoms. The maximum Gasteiger partial charge on any atom is 0.308 e. The van der Waals surface area contributed by atoms with Crippen molar-refractivity contribution in [1.82, 2.24) is 4.90 Å². The van der Waals surface area contributed by atoms with Crippen molar-refractivity contribution in [2.45, 2.75) is 33.1 Å². The van der Waals surface area contributed by atoms with Gasteiger partial charge in [0.2, 0.25) is 5.91 Å². The first-order valence-electron chi connectivity index (χ1n) is 5.90. The molecule has 4 heteroatoms. The van der Waals surface area contributed by atoms with E-state index < -0.39 is 0 Å². The molecule has 1 saturated heterocycles. The Kier molecular flexibility index (Phi) is 4.77. The van der Waals surface area contributed by atoms with Crippen molar-refractivity contribution >= 4 is 11.9 Å². The van der Waals surface area contributed by atoms with Gasteiger partial charge in [0.05, 0.1) is 13.0 Å². The third-order valence-corrected chi connectivity index (χ3v) is 2.97. The molecule has 0 spiro atoms. The lowest BCUT2D eigenvalue weighted by Crippen LogP contribution is -2.40. The van der Waals surface area contributed by atoms with Gasteiger partial charge in [-0.1, -0.05) is 13.8 Å². The number of rotatable bonds is 3. The molecule has 1 aliphatic rings. The van der Waals surface area contributed by atoms with Crippen molar-refractivity contribution in [2.75, 3.05) is 20.2 Å². The molecule has 0 unspecified atom stereocenters. The predicted octanol–water partition coefficient (Wildman–Crippen LogP) is 1.44. The van der Waals surface area contributed by atoms with Gasteiger partial charge in [-0.15, -0.1) is 0 Å². The molecule has 1 heterocycles. The van der Waals surface area contributed by atoms with Gasteiger partial charge in [0, 0.05) is 19.5 Å². The Morgan fingerprint density at radius 2 is 1.88 bits per heavy atom. The van der Waals surface area contributed by atoms with Crippen LogP contribution < -0.4 is 0 Å². The summed E-state index contributed by atoms with van der Waals surface area (Å²) in [5.41, 5.74) is 0. The van der Waals surface area contributed by atoms with Crippen LogP contribution in [0.5, 0.6) is 0 Å². The number of likely N-dealkylation sites (tertiary alicyclic amines) is 1. The highest BCUT2D eigenvalue weighted by molar-refractivity contribution is 5.77. The second-order valence-corrected chi connectivity index (χ2v) is 4.78. The molecule has 0 aliphatic carbocycles. The molecular formula is C12H21NO3. The van der Waals surface area contributed by atoms with Gasteiger partial charge >= 0.3 is 5.97 Å². The van der Waals surface area contributed by atoms with Crippen molar-refractivity contribution in [3.63, 3.8) is 0 Å². The molecule has 0 saturated carbocycles. The van der Waals surface area contributed by atoms with Gasteiger partial charge in [-0.25, -0.2) is 0 Å². The number of esters is 1. The summed E-state index contributed by atoms with van der Waals surface area (Å²) in [6, 6.07) is 0. The van der Waals surface area contributed by atoms with E-state index in [2.05, 4.69) is 0 Å². The lowest BCUT2D eigenvalue weighted by Gasteiger charge is -2.31. The predicted molar refractivity (Wildman–Crippen MR) is 60.8 cm³/mol. The molecule has 1 fully saturated rings. The Morgan fingerprint density at radius 3 is 2.31 bits per heavy atom. The van der Waals surface area contributed by atoms with Crippen molar-refractivity contribution in [2.24, 2.45) is 11.8 Å². The van der Waals surface area contributed by atoms with Gasteiger partial charge in [-0.3, -0.25) is 9.59 Å². The number of hydrogen-bond acceptors (Lipinski definition) is 3. The van der Waals surface area contributed by atoms with E-state index in [1.165, 1.54) is 7.11 Å². The molecule has 1 amide bonds. The standard InChI is InChI=1S/C12H21NO3/c1-9(2)8-11(14)13-6-4-10(5-7-13)12(15)16-3/h9-10H,4-8H2,1-3H3. The number of amides is 1. The van der Waals surface area contributed by atoms with Crippen LogP contribution in [0.2, 0.25) is 0 Å². The number of methoxy groups -OCH3 is 1. The largest absolute Gasteiger partial charge is 0.469 e. The number of nitrogens with zero attached hydrogens (tertiary/aromatic N) is 1. The van der Waals surface area contributed by atoms with E-state index in [1.807, 2.05) is 18.7 Å². The molecule has 0 aromatic rings. The van der Waals surface area contributed by atoms with Gasteiger partial charge in [0.1, 0.15) is 0 Å². The zero-order valence-corrected chi connectivity index (χ0v) is 10.4. The molecule has 1 rings (SSSR count). The van der Waals surface area contributed by atoms with Crippen LogP contribution in [0, 0.1) is 11.8 Å². The van der Waals surface area contributed by atoms with Crippen LogP contribution in [0.1, 0.15) is 33.1 Å². The molecule has 16 heavy (non-hydrogen) atoms. The lowest BCUT2D eigenvalue weighted by molar-refractivity contribution is -0.149. The van der Waals surface area contributed by atoms with Gasteiger partial charge in [-0.05, 0) is 18.8 Å². The third kappa shape index (κ3) is 3.51. The zero-order chi connectivity index (χ0) is 12.1. The highest BCUT2D eigenvalue weighted by Crippen LogP contribution is 2.19. The van der Waals surface area contributed by atoms with E-state index in [0.717, 1.165) is 12.8 Å². The highest BCUT2D eigenvalue weighted by atomic mass is 16.5. The lowest BCUT2D eigenvalue weighted by atomic mass is 9.96. The average molecular weight is 227 g/mol. The van der Waals surface area contributed by atoms with Gasteiger partial charge < -0.3 is 9.64 Å². The molecule has 92 valence electrons. The van der Waals surface area contributed by atoms with E-state index in [1.54, 1.807) is 0 Å². The zero-order valence-electron chi connectivity index (χ0n) is 10.4. The fraction of sp³-hybridized carbons (Fsp3) is 0.833. The summed E-state index contributed by atoms with van der Waals surface area (Å²) in [7, 11) is 1.42. The topological polar surface area (TPSA) is 46.6 Å². The summed E-state index contributed by atoms with van der Waals surface area (Å²) in [5, 5.41) is 0. The maximum absolute atomic E-state index is 11.8. The van der Waals surface area contributed by atoms with Gasteiger partial charge in [0.15, 0.2) is 0 Å². The summed E-state index contributed by atoms with van der Waals surface area (Å²) >= 11 is 0. The fourth-order valence-corrected chi connectivity index (χ4v) is 2.01. The van der Waals surface area contributed by atoms with Crippen LogP contribution in [-0.4, -0.2) is 37.0 Å². The molecule has 0 aromatic carbocycles. The molecule has 0 aromatic heterocycles. The molecule has 0 radical (unpaired) electrons. The van der Waals surface area contributed by atoms with Crippen LogP contribution in [0.4, 0.5) is 0 Å². The second-order valence-electron chi connectivity index (χ2n) is 4.78. The number of ether oxygens (including phenoxy) is 1. The third-order valence-electron chi connectivity index (χ3n) is 2.97. The first-order valence-corrected chi connectivity index (χ1v) is 5.90. The first kappa shape index (κ1) is 13.0. The van der Waals surface area contributed by atoms with E-state index in [-0.39, 0.29) is 17.8 Å². The summed E-state index contributed by atoms with van der Waals surface area (Å²) < 4.78 is 4.71. The minimum atomic E-state index is -0.143. The fourth-order valence-electron chi connectivity index (χ4n) is 2.01. The Bertz CT molecular complexity index is 255. The summed E-state index contributed by atoms with van der Waals surface area (Å²) in [5.74, 6) is 0.438. The normalized spacial score (nSPS) is 17.6. The van der Waals surface area contributed by atoms with Crippen molar-refractivity contribution < 1.29 is 14.3 Å². The second kappa shape index (κ2) is 5.87. The van der Waals surface area contributed by atoms with Crippen LogP contribution in [0.3, 0.4) is 0 Å². The van der Waals surface area contributed by atoms with E-state index in [9.17, 15) is 9.59 Å². The minimum Gasteiger partial charge on any atom is -0.469 e. The Balaban J connectivity index is 2.37. The molecule has 1 aliphatic heterocycles. The van der Waals surface area contributed by atoms with Crippen LogP contribution in [-0.2, 0) is 14.3 Å². The molecule has 0 N–H and O–H groups in total. The Hall–Kier alpha value is -1.06. The number of carbonyl (C=O) groups is 2. The summed E-state index contributed by atoms with van der Waals surface area (Å²) in [4.78, 5) is 24.9. The minimum absolute atomic E-state index is 0.0203. The number of hydrogen-bond donors (Lipinski definition) is 0. The molecule has 0 atom stereocenters. The highest BCUT2D eigenvalue weighted by Gasteiger charge is 2.27. The molecule has 4 nitrogen and oxygen atoms in total. The Morgan fingerprint density at radius 1 is 1.31 bits per heavy atom. The van der Waals surface area contributed by atoms with Crippen LogP contribution in [0.25, 0.3) is 0 Å². The van der Waals surface area contributed by atoms with E-state index in [0.29, 0.717) is 25.4 Å². The van der Waals surface area contributed by atoms with E-state index >= 15 is 0 Å². The average Bonchev–Trinajstić information content (AvgIpc) is 2.27. The van der Waals surface area contributed by atoms with Crippen LogP contribution >= 0.6 is 0 Å². The van der Waals surface area contributed by atoms with Gasteiger partial charge in [-0.2, -0.15) is 0 Å². The Labute approximate surface area is 96.9 Å². The SMILES string of the molecule is COC(=O)C1CCN(C(=O)CC(C)C)CC1. The van der Waals surface area contributed by atoms with E-state index in [4.69, 9.17) is 4.74 Å². The van der Waals surface area contributed by atoms with Crippen LogP contribution in [0.15, 0.2) is 0 Å². The molecular weight excluding hydrogens is 206 g/mol. The smallest absolute Gasteiger partial charge is 0.308 e. The van der Waals surface area contributed by atoms with Crippen molar-refractivity contribution in [3.8, 4) is 0 Å².